The quantitative estimate of drug-likeness (QED) is 0.689. The Balaban J connectivity index is 2.34. The van der Waals surface area contributed by atoms with Crippen LogP contribution in [-0.2, 0) is 0 Å². The van der Waals surface area contributed by atoms with Gasteiger partial charge in [0.2, 0.25) is 5.13 Å². The van der Waals surface area contributed by atoms with Crippen LogP contribution in [0, 0.1) is 10.1 Å². The second kappa shape index (κ2) is 5.07. The van der Waals surface area contributed by atoms with E-state index in [1.807, 2.05) is 0 Å². The summed E-state index contributed by atoms with van der Waals surface area (Å²) in [4.78, 5) is 22.0. The van der Waals surface area contributed by atoms with Gasteiger partial charge in [0.25, 0.3) is 11.6 Å². The molecule has 0 aliphatic carbocycles. The number of anilines is 1. The lowest BCUT2D eigenvalue weighted by molar-refractivity contribution is -0.385. The van der Waals surface area contributed by atoms with Gasteiger partial charge in [0.1, 0.15) is 11.1 Å². The molecule has 0 aliphatic rings. The third-order valence-electron chi connectivity index (χ3n) is 1.98. The summed E-state index contributed by atoms with van der Waals surface area (Å²) in [6, 6.07) is 3.76. The molecule has 1 aromatic carbocycles. The van der Waals surface area contributed by atoms with Crippen molar-refractivity contribution in [3.8, 4) is 0 Å². The zero-order valence-electron chi connectivity index (χ0n) is 8.66. The highest BCUT2D eigenvalue weighted by atomic mass is 35.5. The zero-order valence-corrected chi connectivity index (χ0v) is 10.2. The van der Waals surface area contributed by atoms with Gasteiger partial charge in [-0.2, -0.15) is 0 Å². The summed E-state index contributed by atoms with van der Waals surface area (Å²) in [7, 11) is 0. The van der Waals surface area contributed by atoms with Gasteiger partial charge in [0.05, 0.1) is 4.92 Å². The molecule has 18 heavy (non-hydrogen) atoms. The van der Waals surface area contributed by atoms with Crippen LogP contribution in [-0.4, -0.2) is 21.0 Å². The second-order valence-corrected chi connectivity index (χ2v) is 4.39. The number of nitrogens with one attached hydrogen (secondary N) is 1. The van der Waals surface area contributed by atoms with Gasteiger partial charge < -0.3 is 0 Å². The molecule has 2 rings (SSSR count). The number of carbonyl (C=O) groups excluding carboxylic acids is 1. The predicted molar refractivity (Wildman–Crippen MR) is 66.0 cm³/mol. The van der Waals surface area contributed by atoms with E-state index in [1.54, 1.807) is 0 Å². The molecule has 7 nitrogen and oxygen atoms in total. The Kier molecular flexibility index (Phi) is 3.49. The highest BCUT2D eigenvalue weighted by Crippen LogP contribution is 2.23. The average molecular weight is 285 g/mol. The molecule has 0 saturated heterocycles. The Morgan fingerprint density at radius 3 is 2.89 bits per heavy atom. The summed E-state index contributed by atoms with van der Waals surface area (Å²) < 4.78 is 0. The second-order valence-electron chi connectivity index (χ2n) is 3.12. The Morgan fingerprint density at radius 1 is 1.50 bits per heavy atom. The van der Waals surface area contributed by atoms with Crippen LogP contribution in [0.3, 0.4) is 0 Å². The van der Waals surface area contributed by atoms with Gasteiger partial charge in [-0.05, 0) is 12.1 Å². The largest absolute Gasteiger partial charge is 0.296 e. The van der Waals surface area contributed by atoms with E-state index in [1.165, 1.54) is 23.7 Å². The van der Waals surface area contributed by atoms with Crippen molar-refractivity contribution in [3.05, 3.63) is 44.4 Å². The summed E-state index contributed by atoms with van der Waals surface area (Å²) in [5.74, 6) is -0.652. The number of nitro benzene ring substituents is 1. The van der Waals surface area contributed by atoms with E-state index in [9.17, 15) is 14.9 Å². The Morgan fingerprint density at radius 2 is 2.28 bits per heavy atom. The van der Waals surface area contributed by atoms with Crippen molar-refractivity contribution in [1.82, 2.24) is 10.2 Å². The number of aromatic nitrogens is 2. The highest BCUT2D eigenvalue weighted by molar-refractivity contribution is 7.13. The molecule has 0 bridgehead atoms. The van der Waals surface area contributed by atoms with Crippen molar-refractivity contribution in [2.45, 2.75) is 0 Å². The molecular formula is C9H5ClN4O3S. The lowest BCUT2D eigenvalue weighted by Gasteiger charge is -2.02. The molecule has 9 heteroatoms. The molecule has 0 radical (unpaired) electrons. The number of rotatable bonds is 3. The number of amides is 1. The van der Waals surface area contributed by atoms with E-state index < -0.39 is 10.8 Å². The number of hydrogen-bond donors (Lipinski definition) is 1. The van der Waals surface area contributed by atoms with E-state index in [2.05, 4.69) is 15.5 Å². The van der Waals surface area contributed by atoms with Gasteiger partial charge in [-0.1, -0.05) is 22.9 Å². The van der Waals surface area contributed by atoms with Gasteiger partial charge in [0.15, 0.2) is 0 Å². The maximum absolute atomic E-state index is 11.9. The maximum Gasteiger partial charge on any atom is 0.282 e. The first kappa shape index (κ1) is 12.4. The first-order valence-corrected chi connectivity index (χ1v) is 5.85. The van der Waals surface area contributed by atoms with Gasteiger partial charge in [-0.3, -0.25) is 20.2 Å². The van der Waals surface area contributed by atoms with Crippen LogP contribution in [0.4, 0.5) is 10.8 Å². The topological polar surface area (TPSA) is 98.0 Å². The lowest BCUT2D eigenvalue weighted by atomic mass is 10.1. The molecule has 0 unspecified atom stereocenters. The normalized spacial score (nSPS) is 10.1. The first-order chi connectivity index (χ1) is 8.58. The van der Waals surface area contributed by atoms with Gasteiger partial charge in [-0.15, -0.1) is 10.2 Å². The summed E-state index contributed by atoms with van der Waals surface area (Å²) in [5.41, 5.74) is 0.992. The standard InChI is InChI=1S/C9H5ClN4O3S/c10-5-1-2-7(14(16)17)6(3-5)8(15)12-9-13-11-4-18-9/h1-4H,(H,12,13,15). The Labute approximate surface area is 110 Å². The summed E-state index contributed by atoms with van der Waals surface area (Å²) in [6.07, 6.45) is 0. The van der Waals surface area contributed by atoms with Crippen LogP contribution < -0.4 is 5.32 Å². The van der Waals surface area contributed by atoms with E-state index in [4.69, 9.17) is 11.6 Å². The van der Waals surface area contributed by atoms with Crippen molar-refractivity contribution >= 4 is 39.7 Å². The van der Waals surface area contributed by atoms with Crippen LogP contribution in [0.5, 0.6) is 0 Å². The summed E-state index contributed by atoms with van der Waals surface area (Å²) >= 11 is 6.83. The smallest absolute Gasteiger partial charge is 0.282 e. The van der Waals surface area contributed by atoms with Crippen molar-refractivity contribution in [1.29, 1.82) is 0 Å². The zero-order chi connectivity index (χ0) is 13.1. The minimum atomic E-state index is -0.652. The van der Waals surface area contributed by atoms with Crippen molar-refractivity contribution < 1.29 is 9.72 Å². The fourth-order valence-corrected chi connectivity index (χ4v) is 1.85. The number of nitrogens with zero attached hydrogens (tertiary/aromatic N) is 3. The predicted octanol–water partition coefficient (Wildman–Crippen LogP) is 2.35. The van der Waals surface area contributed by atoms with Crippen molar-refractivity contribution in [2.24, 2.45) is 0 Å². The van der Waals surface area contributed by atoms with Crippen LogP contribution in [0.15, 0.2) is 23.7 Å². The van der Waals surface area contributed by atoms with Gasteiger partial charge >= 0.3 is 0 Å². The van der Waals surface area contributed by atoms with E-state index >= 15 is 0 Å². The van der Waals surface area contributed by atoms with Crippen LogP contribution in [0.25, 0.3) is 0 Å². The molecule has 0 aliphatic heterocycles. The minimum Gasteiger partial charge on any atom is -0.296 e. The maximum atomic E-state index is 11.9. The minimum absolute atomic E-state index is 0.122. The van der Waals surface area contributed by atoms with Crippen LogP contribution >= 0.6 is 22.9 Å². The fraction of sp³-hybridized carbons (Fsp3) is 0. The van der Waals surface area contributed by atoms with Crippen LogP contribution in [0.2, 0.25) is 5.02 Å². The summed E-state index contributed by atoms with van der Waals surface area (Å²) in [6.45, 7) is 0. The SMILES string of the molecule is O=C(Nc1nncs1)c1cc(Cl)ccc1[N+](=O)[O-]. The molecule has 1 heterocycles. The van der Waals surface area contributed by atoms with E-state index in [-0.39, 0.29) is 21.4 Å². The first-order valence-electron chi connectivity index (χ1n) is 4.59. The molecule has 0 atom stereocenters. The lowest BCUT2D eigenvalue weighted by Crippen LogP contribution is -2.13. The highest BCUT2D eigenvalue weighted by Gasteiger charge is 2.21. The Hall–Kier alpha value is -2.06. The van der Waals surface area contributed by atoms with E-state index in [0.717, 1.165) is 11.3 Å². The molecule has 2 aromatic rings. The average Bonchev–Trinajstić information content (AvgIpc) is 2.81. The molecule has 1 aromatic heterocycles. The van der Waals surface area contributed by atoms with E-state index in [0.29, 0.717) is 0 Å². The summed E-state index contributed by atoms with van der Waals surface area (Å²) in [5, 5.41) is 20.8. The number of benzene rings is 1. The van der Waals surface area contributed by atoms with Crippen molar-refractivity contribution in [2.75, 3.05) is 5.32 Å². The molecule has 0 fully saturated rings. The number of nitro groups is 1. The van der Waals surface area contributed by atoms with Gasteiger partial charge in [0, 0.05) is 11.1 Å². The fourth-order valence-electron chi connectivity index (χ4n) is 1.24. The third-order valence-corrected chi connectivity index (χ3v) is 2.82. The molecule has 1 N–H and O–H groups in total. The molecule has 0 saturated carbocycles. The molecular weight excluding hydrogens is 280 g/mol. The van der Waals surface area contributed by atoms with Gasteiger partial charge in [-0.25, -0.2) is 0 Å². The third kappa shape index (κ3) is 2.60. The number of carbonyl (C=O) groups is 1. The number of hydrogen-bond acceptors (Lipinski definition) is 6. The Bertz CT molecular complexity index is 602. The number of halogens is 1. The molecule has 0 spiro atoms. The molecule has 1 amide bonds. The van der Waals surface area contributed by atoms with Crippen molar-refractivity contribution in [3.63, 3.8) is 0 Å². The molecule has 92 valence electrons. The van der Waals surface area contributed by atoms with Crippen LogP contribution in [0.1, 0.15) is 10.4 Å². The monoisotopic (exact) mass is 284 g/mol.